The van der Waals surface area contributed by atoms with E-state index in [-0.39, 0.29) is 29.6 Å². The molecular weight excluding hydrogens is 380 g/mol. The van der Waals surface area contributed by atoms with Gasteiger partial charge < -0.3 is 20.3 Å². The van der Waals surface area contributed by atoms with Gasteiger partial charge in [0.25, 0.3) is 11.6 Å². The zero-order valence-corrected chi connectivity index (χ0v) is 17.4. The Bertz CT molecular complexity index is 857. The van der Waals surface area contributed by atoms with Gasteiger partial charge in [0.2, 0.25) is 0 Å². The predicted octanol–water partition coefficient (Wildman–Crippen LogP) is 2.42. The van der Waals surface area contributed by atoms with Crippen LogP contribution in [0.5, 0.6) is 0 Å². The first-order chi connectivity index (χ1) is 12.8. The summed E-state index contributed by atoms with van der Waals surface area (Å²) in [4.78, 5) is 17.6. The van der Waals surface area contributed by atoms with E-state index in [2.05, 4.69) is 41.5 Å². The molecule has 8 heteroatoms. The van der Waals surface area contributed by atoms with Gasteiger partial charge in [0.1, 0.15) is 0 Å². The van der Waals surface area contributed by atoms with Crippen LogP contribution in [0.3, 0.4) is 0 Å². The molecule has 2 aromatic heterocycles. The quantitative estimate of drug-likeness (QED) is 0.702. The van der Waals surface area contributed by atoms with Crippen LogP contribution in [-0.4, -0.2) is 46.9 Å². The summed E-state index contributed by atoms with van der Waals surface area (Å²) in [7, 11) is 0. The van der Waals surface area contributed by atoms with E-state index in [9.17, 15) is 9.90 Å². The van der Waals surface area contributed by atoms with Gasteiger partial charge >= 0.3 is 0 Å². The Hall–Kier alpha value is -1.70. The molecule has 3 N–H and O–H groups in total. The maximum absolute atomic E-state index is 13.0. The number of hydrogen-bond donors (Lipinski definition) is 3. The van der Waals surface area contributed by atoms with E-state index in [1.54, 1.807) is 0 Å². The van der Waals surface area contributed by atoms with Gasteiger partial charge in [-0.05, 0) is 30.7 Å². The molecule has 0 bridgehead atoms. The van der Waals surface area contributed by atoms with E-state index < -0.39 is 6.10 Å². The first kappa shape index (κ1) is 21.0. The van der Waals surface area contributed by atoms with Crippen LogP contribution in [0, 0.1) is 11.3 Å². The molecule has 2 fully saturated rings. The topological polar surface area (TPSA) is 100 Å². The van der Waals surface area contributed by atoms with Crippen LogP contribution in [0.15, 0.2) is 10.6 Å². The van der Waals surface area contributed by atoms with E-state index in [0.29, 0.717) is 43.2 Å². The zero-order chi connectivity index (χ0) is 19.2. The molecule has 1 saturated carbocycles. The molecule has 2 unspecified atom stereocenters. The summed E-state index contributed by atoms with van der Waals surface area (Å²) in [6.07, 6.45) is 2.48. The fourth-order valence-electron chi connectivity index (χ4n) is 3.67. The van der Waals surface area contributed by atoms with E-state index in [1.165, 1.54) is 0 Å². The Labute approximate surface area is 171 Å². The lowest BCUT2D eigenvalue weighted by Gasteiger charge is -2.17. The van der Waals surface area contributed by atoms with Gasteiger partial charge in [-0.15, -0.1) is 12.4 Å². The van der Waals surface area contributed by atoms with Crippen LogP contribution < -0.4 is 10.6 Å². The van der Waals surface area contributed by atoms with E-state index >= 15 is 0 Å². The molecule has 4 rings (SSSR count). The first-order valence-electron chi connectivity index (χ1n) is 9.78. The molecule has 28 heavy (non-hydrogen) atoms. The number of hydrogen-bond acceptors (Lipinski definition) is 6. The summed E-state index contributed by atoms with van der Waals surface area (Å²) >= 11 is 0. The lowest BCUT2D eigenvalue weighted by Crippen LogP contribution is -2.34. The highest BCUT2D eigenvalue weighted by Crippen LogP contribution is 2.41. The third-order valence-corrected chi connectivity index (χ3v) is 5.30. The van der Waals surface area contributed by atoms with Crippen molar-refractivity contribution in [2.24, 2.45) is 11.3 Å². The van der Waals surface area contributed by atoms with Crippen LogP contribution >= 0.6 is 12.4 Å². The number of carbonyl (C=O) groups excluding carboxylic acids is 1. The molecule has 0 aromatic carbocycles. The van der Waals surface area contributed by atoms with Crippen LogP contribution in [0.25, 0.3) is 11.1 Å². The van der Waals surface area contributed by atoms with Crippen LogP contribution in [0.1, 0.15) is 61.3 Å². The molecule has 154 valence electrons. The molecule has 7 nitrogen and oxygen atoms in total. The largest absolute Gasteiger partial charge is 0.391 e. The number of β-amino-alcohol motifs (C(OH)–C–C–N with tert-alkyl or cyclic N) is 1. The fraction of sp³-hybridized carbons (Fsp3) is 0.650. The first-order valence-corrected chi connectivity index (χ1v) is 9.78. The lowest BCUT2D eigenvalue weighted by atomic mass is 9.89. The zero-order valence-electron chi connectivity index (χ0n) is 16.6. The van der Waals surface area contributed by atoms with Gasteiger partial charge in [-0.1, -0.05) is 25.9 Å². The number of nitrogens with one attached hydrogen (secondary N) is 2. The third kappa shape index (κ3) is 4.47. The van der Waals surface area contributed by atoms with Gasteiger partial charge in [-0.3, -0.25) is 4.79 Å². The monoisotopic (exact) mass is 408 g/mol. The summed E-state index contributed by atoms with van der Waals surface area (Å²) in [6, 6.07) is 1.90. The smallest absolute Gasteiger partial charge is 0.259 e. The standard InChI is InChI=1S/C20H28N4O3.ClH/c1-20(2,3)7-15-17-13(18(26)22-9-12-8-21-10-16(12)25)6-14(11-4-5-11)23-19(17)27-24-15;/h6,11-12,16,21,25H,4-5,7-10H2,1-3H3,(H,22,26);1H. The fourth-order valence-corrected chi connectivity index (χ4v) is 3.67. The highest BCUT2D eigenvalue weighted by Gasteiger charge is 2.31. The molecule has 2 aromatic rings. The lowest BCUT2D eigenvalue weighted by molar-refractivity contribution is 0.0928. The molecule has 1 aliphatic carbocycles. The average molecular weight is 409 g/mol. The van der Waals surface area contributed by atoms with E-state index in [1.807, 2.05) is 6.07 Å². The number of aromatic nitrogens is 2. The van der Waals surface area contributed by atoms with E-state index in [0.717, 1.165) is 29.6 Å². The molecule has 1 aliphatic heterocycles. The molecule has 0 radical (unpaired) electrons. The average Bonchev–Trinajstić information content (AvgIpc) is 3.27. The maximum Gasteiger partial charge on any atom is 0.259 e. The summed E-state index contributed by atoms with van der Waals surface area (Å²) < 4.78 is 5.51. The number of fused-ring (bicyclic) bond motifs is 1. The van der Waals surface area contributed by atoms with Gasteiger partial charge in [0.05, 0.1) is 22.7 Å². The van der Waals surface area contributed by atoms with Crippen LogP contribution in [0.2, 0.25) is 0 Å². The second-order valence-electron chi connectivity index (χ2n) is 9.11. The van der Waals surface area contributed by atoms with E-state index in [4.69, 9.17) is 4.52 Å². The van der Waals surface area contributed by atoms with Crippen LogP contribution in [0.4, 0.5) is 0 Å². The highest BCUT2D eigenvalue weighted by atomic mass is 35.5. The maximum atomic E-state index is 13.0. The summed E-state index contributed by atoms with van der Waals surface area (Å²) in [5.74, 6) is 0.297. The van der Waals surface area contributed by atoms with Crippen molar-refractivity contribution in [1.29, 1.82) is 0 Å². The number of halogens is 1. The van der Waals surface area contributed by atoms with Crippen LogP contribution in [-0.2, 0) is 6.42 Å². The Morgan fingerprint density at radius 3 is 2.71 bits per heavy atom. The number of amides is 1. The number of carbonyl (C=O) groups is 1. The van der Waals surface area contributed by atoms with Crippen molar-refractivity contribution >= 4 is 29.4 Å². The molecule has 2 atom stereocenters. The van der Waals surface area contributed by atoms with Crippen molar-refractivity contribution < 1.29 is 14.4 Å². The predicted molar refractivity (Wildman–Crippen MR) is 109 cm³/mol. The number of rotatable bonds is 5. The van der Waals surface area contributed by atoms with Crippen molar-refractivity contribution in [3.05, 3.63) is 23.0 Å². The van der Waals surface area contributed by atoms with Gasteiger partial charge in [-0.2, -0.15) is 0 Å². The minimum absolute atomic E-state index is 0. The Kier molecular flexibility index (Phi) is 5.98. The summed E-state index contributed by atoms with van der Waals surface area (Å²) in [5.41, 5.74) is 2.75. The minimum Gasteiger partial charge on any atom is -0.391 e. The number of aliphatic hydroxyl groups is 1. The number of pyridine rings is 1. The Morgan fingerprint density at radius 1 is 1.36 bits per heavy atom. The van der Waals surface area contributed by atoms with Gasteiger partial charge in [-0.25, -0.2) is 4.98 Å². The molecule has 2 aliphatic rings. The minimum atomic E-state index is -0.420. The number of nitrogens with zero attached hydrogens (tertiary/aromatic N) is 2. The van der Waals surface area contributed by atoms with Gasteiger partial charge in [0, 0.05) is 37.2 Å². The second kappa shape index (κ2) is 7.97. The molecule has 0 spiro atoms. The van der Waals surface area contributed by atoms with Crippen molar-refractivity contribution in [2.45, 2.75) is 52.1 Å². The SMILES string of the molecule is CC(C)(C)Cc1noc2nc(C3CC3)cc(C(=O)NCC3CNCC3O)c12.Cl. The molecule has 3 heterocycles. The van der Waals surface area contributed by atoms with Crippen molar-refractivity contribution in [3.8, 4) is 0 Å². The second-order valence-corrected chi connectivity index (χ2v) is 9.11. The molecular formula is C20H29ClN4O3. The van der Waals surface area contributed by atoms with Gasteiger partial charge in [0.15, 0.2) is 0 Å². The van der Waals surface area contributed by atoms with Crippen molar-refractivity contribution in [3.63, 3.8) is 0 Å². The Balaban J connectivity index is 0.00000225. The summed E-state index contributed by atoms with van der Waals surface area (Å²) in [6.45, 7) is 8.13. The normalized spacial score (nSPS) is 22.3. The highest BCUT2D eigenvalue weighted by molar-refractivity contribution is 6.06. The Morgan fingerprint density at radius 2 is 2.11 bits per heavy atom. The van der Waals surface area contributed by atoms with Crippen molar-refractivity contribution in [2.75, 3.05) is 19.6 Å². The number of aliphatic hydroxyl groups excluding tert-OH is 1. The summed E-state index contributed by atoms with van der Waals surface area (Å²) in [5, 5.41) is 21.0. The molecule has 1 saturated heterocycles. The molecule has 1 amide bonds. The third-order valence-electron chi connectivity index (χ3n) is 5.30. The van der Waals surface area contributed by atoms with Crippen molar-refractivity contribution in [1.82, 2.24) is 20.8 Å².